The number of rotatable bonds is 6. The van der Waals surface area contributed by atoms with Crippen LogP contribution in [-0.2, 0) is 13.2 Å². The molecule has 5 heteroatoms. The molecule has 0 radical (unpaired) electrons. The van der Waals surface area contributed by atoms with Crippen molar-refractivity contribution in [3.8, 4) is 5.75 Å². The number of aromatic nitrogens is 3. The lowest BCUT2D eigenvalue weighted by atomic mass is 10.1. The molecule has 1 heterocycles. The number of ether oxygens (including phenoxy) is 1. The molecule has 0 amide bonds. The Morgan fingerprint density at radius 1 is 1.42 bits per heavy atom. The molecular weight excluding hydrogens is 242 g/mol. The molecule has 1 aromatic heterocycles. The Labute approximate surface area is 112 Å². The number of carbonyl (C=O) groups is 1. The van der Waals surface area contributed by atoms with Gasteiger partial charge in [0.05, 0.1) is 5.56 Å². The summed E-state index contributed by atoms with van der Waals surface area (Å²) in [5.74, 6) is 1.34. The second-order valence-corrected chi connectivity index (χ2v) is 4.35. The molecule has 0 atom stereocenters. The average molecular weight is 259 g/mol. The minimum Gasteiger partial charge on any atom is -0.485 e. The maximum atomic E-state index is 11.0. The normalized spacial score (nSPS) is 10.4. The Morgan fingerprint density at radius 2 is 2.26 bits per heavy atom. The summed E-state index contributed by atoms with van der Waals surface area (Å²) in [6.45, 7) is 5.14. The van der Waals surface area contributed by atoms with Gasteiger partial charge in [-0.25, -0.2) is 9.67 Å². The lowest BCUT2D eigenvalue weighted by Crippen LogP contribution is -2.09. The molecule has 19 heavy (non-hydrogen) atoms. The third-order valence-corrected chi connectivity index (χ3v) is 2.78. The number of nitrogens with zero attached hydrogens (tertiary/aromatic N) is 3. The third-order valence-electron chi connectivity index (χ3n) is 2.78. The Balaban J connectivity index is 2.10. The highest BCUT2D eigenvalue weighted by molar-refractivity contribution is 5.79. The highest BCUT2D eigenvalue weighted by Gasteiger charge is 2.07. The third kappa shape index (κ3) is 3.19. The van der Waals surface area contributed by atoms with Gasteiger partial charge in [0, 0.05) is 6.54 Å². The fourth-order valence-electron chi connectivity index (χ4n) is 1.83. The van der Waals surface area contributed by atoms with E-state index in [0.29, 0.717) is 17.9 Å². The lowest BCUT2D eigenvalue weighted by molar-refractivity contribution is 0.111. The number of benzene rings is 1. The van der Waals surface area contributed by atoms with E-state index in [1.807, 2.05) is 17.7 Å². The van der Waals surface area contributed by atoms with E-state index in [1.165, 1.54) is 6.33 Å². The summed E-state index contributed by atoms with van der Waals surface area (Å²) < 4.78 is 7.47. The summed E-state index contributed by atoms with van der Waals surface area (Å²) in [6.07, 6.45) is 3.31. The van der Waals surface area contributed by atoms with Crippen molar-refractivity contribution in [1.82, 2.24) is 14.8 Å². The highest BCUT2D eigenvalue weighted by atomic mass is 16.5. The van der Waals surface area contributed by atoms with E-state index in [1.54, 1.807) is 12.1 Å². The number of hydrogen-bond donors (Lipinski definition) is 0. The molecule has 0 bridgehead atoms. The maximum Gasteiger partial charge on any atom is 0.164 e. The predicted octanol–water partition coefficient (Wildman–Crippen LogP) is 2.39. The van der Waals surface area contributed by atoms with Crippen LogP contribution in [0.1, 0.15) is 35.1 Å². The van der Waals surface area contributed by atoms with Gasteiger partial charge in [-0.05, 0) is 25.5 Å². The molecule has 0 fully saturated rings. The van der Waals surface area contributed by atoms with Gasteiger partial charge in [-0.1, -0.05) is 18.6 Å². The predicted molar refractivity (Wildman–Crippen MR) is 71.2 cm³/mol. The van der Waals surface area contributed by atoms with Crippen LogP contribution < -0.4 is 4.74 Å². The van der Waals surface area contributed by atoms with Crippen molar-refractivity contribution in [3.63, 3.8) is 0 Å². The van der Waals surface area contributed by atoms with Gasteiger partial charge in [-0.3, -0.25) is 4.79 Å². The average Bonchev–Trinajstić information content (AvgIpc) is 2.85. The lowest BCUT2D eigenvalue weighted by Gasteiger charge is -2.09. The number of hydrogen-bond acceptors (Lipinski definition) is 4. The van der Waals surface area contributed by atoms with Crippen molar-refractivity contribution < 1.29 is 9.53 Å². The van der Waals surface area contributed by atoms with Gasteiger partial charge in [0.25, 0.3) is 0 Å². The van der Waals surface area contributed by atoms with Crippen LogP contribution in [-0.4, -0.2) is 21.1 Å². The van der Waals surface area contributed by atoms with Gasteiger partial charge in [0.15, 0.2) is 12.1 Å². The van der Waals surface area contributed by atoms with Crippen LogP contribution in [0.5, 0.6) is 5.75 Å². The Bertz CT molecular complexity index is 564. The van der Waals surface area contributed by atoms with Gasteiger partial charge < -0.3 is 4.74 Å². The second kappa shape index (κ2) is 6.13. The van der Waals surface area contributed by atoms with Crippen LogP contribution in [0.2, 0.25) is 0 Å². The Morgan fingerprint density at radius 3 is 3.00 bits per heavy atom. The molecule has 0 unspecified atom stereocenters. The summed E-state index contributed by atoms with van der Waals surface area (Å²) in [5, 5.41) is 4.13. The SMILES string of the molecule is CCCn1ncnc1COc1ccc(C)cc1C=O. The highest BCUT2D eigenvalue weighted by Crippen LogP contribution is 2.19. The summed E-state index contributed by atoms with van der Waals surface area (Å²) in [4.78, 5) is 15.2. The van der Waals surface area contributed by atoms with Crippen molar-refractivity contribution in [1.29, 1.82) is 0 Å². The minimum absolute atomic E-state index is 0.309. The van der Waals surface area contributed by atoms with E-state index < -0.39 is 0 Å². The molecule has 2 rings (SSSR count). The Hall–Kier alpha value is -2.17. The van der Waals surface area contributed by atoms with Crippen LogP contribution in [0.4, 0.5) is 0 Å². The maximum absolute atomic E-state index is 11.0. The van der Waals surface area contributed by atoms with Gasteiger partial charge in [-0.15, -0.1) is 0 Å². The van der Waals surface area contributed by atoms with E-state index in [-0.39, 0.29) is 0 Å². The molecule has 1 aromatic carbocycles. The van der Waals surface area contributed by atoms with Crippen LogP contribution in [0, 0.1) is 6.92 Å². The van der Waals surface area contributed by atoms with E-state index in [9.17, 15) is 4.79 Å². The second-order valence-electron chi connectivity index (χ2n) is 4.35. The number of aryl methyl sites for hydroxylation is 2. The molecule has 0 saturated heterocycles. The van der Waals surface area contributed by atoms with Crippen molar-refractivity contribution >= 4 is 6.29 Å². The molecule has 0 aliphatic heterocycles. The summed E-state index contributed by atoms with van der Waals surface area (Å²) in [5.41, 5.74) is 1.59. The number of carbonyl (C=O) groups excluding carboxylic acids is 1. The van der Waals surface area contributed by atoms with Gasteiger partial charge in [0.2, 0.25) is 0 Å². The first-order valence-electron chi connectivity index (χ1n) is 6.30. The zero-order valence-electron chi connectivity index (χ0n) is 11.2. The molecule has 0 aliphatic rings. The van der Waals surface area contributed by atoms with Gasteiger partial charge in [-0.2, -0.15) is 5.10 Å². The minimum atomic E-state index is 0.309. The topological polar surface area (TPSA) is 57.0 Å². The molecule has 0 saturated carbocycles. The summed E-state index contributed by atoms with van der Waals surface area (Å²) >= 11 is 0. The molecule has 100 valence electrons. The van der Waals surface area contributed by atoms with Crippen LogP contribution in [0.25, 0.3) is 0 Å². The largest absolute Gasteiger partial charge is 0.485 e. The van der Waals surface area contributed by atoms with Gasteiger partial charge >= 0.3 is 0 Å². The first-order chi connectivity index (χ1) is 9.24. The van der Waals surface area contributed by atoms with E-state index in [4.69, 9.17) is 4.74 Å². The smallest absolute Gasteiger partial charge is 0.164 e. The summed E-state index contributed by atoms with van der Waals surface area (Å²) in [6, 6.07) is 5.53. The van der Waals surface area contributed by atoms with Gasteiger partial charge in [0.1, 0.15) is 18.7 Å². The monoisotopic (exact) mass is 259 g/mol. The molecule has 0 spiro atoms. The molecule has 2 aromatic rings. The standard InChI is InChI=1S/C14H17N3O2/c1-3-6-17-14(15-10-16-17)9-19-13-5-4-11(2)7-12(13)8-18/h4-5,7-8,10H,3,6,9H2,1-2H3. The zero-order valence-corrected chi connectivity index (χ0v) is 11.2. The Kier molecular flexibility index (Phi) is 4.28. The molecular formula is C14H17N3O2. The van der Waals surface area contributed by atoms with E-state index >= 15 is 0 Å². The van der Waals surface area contributed by atoms with Crippen molar-refractivity contribution in [3.05, 3.63) is 41.5 Å². The molecule has 5 nitrogen and oxygen atoms in total. The molecule has 0 aliphatic carbocycles. The van der Waals surface area contributed by atoms with Crippen molar-refractivity contribution in [2.45, 2.75) is 33.4 Å². The molecule has 0 N–H and O–H groups in total. The van der Waals surface area contributed by atoms with Crippen molar-refractivity contribution in [2.24, 2.45) is 0 Å². The first kappa shape index (κ1) is 13.3. The number of aldehydes is 1. The van der Waals surface area contributed by atoms with Crippen LogP contribution in [0.15, 0.2) is 24.5 Å². The van der Waals surface area contributed by atoms with E-state index in [2.05, 4.69) is 17.0 Å². The van der Waals surface area contributed by atoms with E-state index in [0.717, 1.165) is 30.6 Å². The van der Waals surface area contributed by atoms with Crippen molar-refractivity contribution in [2.75, 3.05) is 0 Å². The summed E-state index contributed by atoms with van der Waals surface area (Å²) in [7, 11) is 0. The fourth-order valence-corrected chi connectivity index (χ4v) is 1.83. The van der Waals surface area contributed by atoms with Crippen LogP contribution in [0.3, 0.4) is 0 Å². The fraction of sp³-hybridized carbons (Fsp3) is 0.357. The van der Waals surface area contributed by atoms with Crippen LogP contribution >= 0.6 is 0 Å². The quantitative estimate of drug-likeness (QED) is 0.747. The first-order valence-corrected chi connectivity index (χ1v) is 6.30. The zero-order chi connectivity index (χ0) is 13.7.